The summed E-state index contributed by atoms with van der Waals surface area (Å²) in [5.41, 5.74) is 1.57. The lowest BCUT2D eigenvalue weighted by Gasteiger charge is -2.42. The summed E-state index contributed by atoms with van der Waals surface area (Å²) in [7, 11) is 0. The fraction of sp³-hybridized carbons (Fsp3) is 0.387. The van der Waals surface area contributed by atoms with Gasteiger partial charge in [-0.25, -0.2) is 9.18 Å². The summed E-state index contributed by atoms with van der Waals surface area (Å²) in [5, 5.41) is 14.5. The van der Waals surface area contributed by atoms with Crippen LogP contribution in [0.3, 0.4) is 0 Å². The zero-order valence-electron chi connectivity index (χ0n) is 22.4. The maximum absolute atomic E-state index is 13.8. The van der Waals surface area contributed by atoms with Gasteiger partial charge in [-0.3, -0.25) is 4.79 Å². The zero-order chi connectivity index (χ0) is 27.5. The summed E-state index contributed by atoms with van der Waals surface area (Å²) in [6, 6.07) is 18.0. The number of nitriles is 1. The molecule has 1 fully saturated rings. The van der Waals surface area contributed by atoms with Gasteiger partial charge in [0.2, 0.25) is 0 Å². The molecule has 7 heteroatoms. The highest BCUT2D eigenvalue weighted by atomic mass is 19.1. The van der Waals surface area contributed by atoms with Crippen LogP contribution in [0.4, 0.5) is 9.18 Å². The number of nitrogens with one attached hydrogen (secondary N) is 1. The average Bonchev–Trinajstić information content (AvgIpc) is 2.90. The number of carbonyl (C=O) groups is 2. The second-order valence-electron chi connectivity index (χ2n) is 10.9. The molecule has 0 bridgehead atoms. The van der Waals surface area contributed by atoms with Crippen LogP contribution in [0, 0.1) is 17.1 Å². The molecule has 3 aromatic rings. The number of fused-ring (bicyclic) bond motifs is 1. The van der Waals surface area contributed by atoms with Gasteiger partial charge in [-0.1, -0.05) is 43.3 Å². The van der Waals surface area contributed by atoms with E-state index in [9.17, 15) is 19.2 Å². The Hall–Kier alpha value is -3.92. The predicted molar refractivity (Wildman–Crippen MR) is 145 cm³/mol. The van der Waals surface area contributed by atoms with Gasteiger partial charge in [0.25, 0.3) is 5.91 Å². The monoisotopic (exact) mass is 515 g/mol. The summed E-state index contributed by atoms with van der Waals surface area (Å²) in [5.74, 6) is -0.572. The van der Waals surface area contributed by atoms with E-state index in [1.807, 2.05) is 58.0 Å². The van der Waals surface area contributed by atoms with Crippen molar-refractivity contribution in [2.75, 3.05) is 19.6 Å². The van der Waals surface area contributed by atoms with Crippen molar-refractivity contribution in [1.29, 1.82) is 5.26 Å². The maximum atomic E-state index is 13.8. The fourth-order valence-corrected chi connectivity index (χ4v) is 5.27. The van der Waals surface area contributed by atoms with Crippen molar-refractivity contribution in [3.63, 3.8) is 0 Å². The van der Waals surface area contributed by atoms with E-state index in [1.165, 1.54) is 12.1 Å². The molecule has 38 heavy (non-hydrogen) atoms. The SMILES string of the molecule is CCc1c(C#N)cc2ccccc2c1C(=O)NCC1(c2ccc(F)cc2)CCN(C(=O)OC(C)(C)C)CC1. The first-order valence-corrected chi connectivity index (χ1v) is 13.0. The molecular formula is C31H34FN3O3. The summed E-state index contributed by atoms with van der Waals surface area (Å²) in [6.07, 6.45) is 1.35. The highest BCUT2D eigenvalue weighted by Gasteiger charge is 2.39. The van der Waals surface area contributed by atoms with E-state index in [0.717, 1.165) is 21.9 Å². The van der Waals surface area contributed by atoms with Crippen LogP contribution in [-0.2, 0) is 16.6 Å². The lowest BCUT2D eigenvalue weighted by Crippen LogP contribution is -2.51. The number of ether oxygens (including phenoxy) is 1. The van der Waals surface area contributed by atoms with Crippen molar-refractivity contribution >= 4 is 22.8 Å². The standard InChI is InChI=1S/C31H34FN3O3/c1-5-25-22(19-33)18-21-8-6-7-9-26(21)27(25)28(36)34-20-31(23-10-12-24(32)13-11-23)14-16-35(17-15-31)29(37)38-30(2,3)4/h6-13,18H,5,14-17,20H2,1-4H3,(H,34,36). The lowest BCUT2D eigenvalue weighted by molar-refractivity contribution is 0.0162. The van der Waals surface area contributed by atoms with Crippen molar-refractivity contribution in [2.24, 2.45) is 0 Å². The van der Waals surface area contributed by atoms with Gasteiger partial charge in [0, 0.05) is 25.0 Å². The van der Waals surface area contributed by atoms with Crippen molar-refractivity contribution in [3.05, 3.63) is 82.7 Å². The van der Waals surface area contributed by atoms with E-state index in [-0.39, 0.29) is 17.8 Å². The molecule has 0 atom stereocenters. The van der Waals surface area contributed by atoms with Gasteiger partial charge in [0.05, 0.1) is 17.2 Å². The zero-order valence-corrected chi connectivity index (χ0v) is 22.4. The van der Waals surface area contributed by atoms with Gasteiger partial charge < -0.3 is 15.0 Å². The van der Waals surface area contributed by atoms with Crippen LogP contribution in [0.15, 0.2) is 54.6 Å². The minimum atomic E-state index is -0.589. The molecule has 0 aliphatic carbocycles. The number of likely N-dealkylation sites (tertiary alicyclic amines) is 1. The number of halogens is 1. The number of amides is 2. The number of hydrogen-bond acceptors (Lipinski definition) is 4. The quantitative estimate of drug-likeness (QED) is 0.444. The topological polar surface area (TPSA) is 82.4 Å². The molecule has 4 rings (SSSR count). The first-order valence-electron chi connectivity index (χ1n) is 13.0. The molecule has 6 nitrogen and oxygen atoms in total. The smallest absolute Gasteiger partial charge is 0.410 e. The van der Waals surface area contributed by atoms with Crippen molar-refractivity contribution < 1.29 is 18.7 Å². The Morgan fingerprint density at radius 2 is 1.76 bits per heavy atom. The van der Waals surface area contributed by atoms with Crippen LogP contribution in [0.5, 0.6) is 0 Å². The van der Waals surface area contributed by atoms with Crippen LogP contribution < -0.4 is 5.32 Å². The predicted octanol–water partition coefficient (Wildman–Crippen LogP) is 6.11. The number of hydrogen-bond donors (Lipinski definition) is 1. The van der Waals surface area contributed by atoms with Gasteiger partial charge in [-0.2, -0.15) is 5.26 Å². The molecule has 0 radical (unpaired) electrons. The highest BCUT2D eigenvalue weighted by Crippen LogP contribution is 2.36. The molecule has 3 aromatic carbocycles. The summed E-state index contributed by atoms with van der Waals surface area (Å²) in [4.78, 5) is 28.1. The van der Waals surface area contributed by atoms with Crippen LogP contribution >= 0.6 is 0 Å². The molecule has 1 aliphatic rings. The third-order valence-electron chi connectivity index (χ3n) is 7.27. The first-order chi connectivity index (χ1) is 18.1. The summed E-state index contributed by atoms with van der Waals surface area (Å²) in [6.45, 7) is 8.67. The van der Waals surface area contributed by atoms with E-state index in [0.29, 0.717) is 50.0 Å². The second-order valence-corrected chi connectivity index (χ2v) is 10.9. The average molecular weight is 516 g/mol. The Bertz CT molecular complexity index is 1380. The summed E-state index contributed by atoms with van der Waals surface area (Å²) < 4.78 is 19.3. The minimum Gasteiger partial charge on any atom is -0.444 e. The molecule has 0 aromatic heterocycles. The number of rotatable bonds is 5. The molecule has 0 saturated carbocycles. The van der Waals surface area contributed by atoms with Gasteiger partial charge in [0.15, 0.2) is 0 Å². The largest absolute Gasteiger partial charge is 0.444 e. The molecule has 0 spiro atoms. The Morgan fingerprint density at radius 3 is 2.37 bits per heavy atom. The highest BCUT2D eigenvalue weighted by molar-refractivity contribution is 6.09. The number of nitrogens with zero attached hydrogens (tertiary/aromatic N) is 2. The van der Waals surface area contributed by atoms with E-state index >= 15 is 0 Å². The number of carbonyl (C=O) groups excluding carboxylic acids is 2. The van der Waals surface area contributed by atoms with Crippen LogP contribution in [0.1, 0.15) is 67.6 Å². The van der Waals surface area contributed by atoms with Crippen LogP contribution in [0.25, 0.3) is 10.8 Å². The van der Waals surface area contributed by atoms with E-state index < -0.39 is 11.0 Å². The molecular weight excluding hydrogens is 481 g/mol. The van der Waals surface area contributed by atoms with E-state index in [4.69, 9.17) is 4.74 Å². The molecule has 1 saturated heterocycles. The van der Waals surface area contributed by atoms with E-state index in [2.05, 4.69) is 11.4 Å². The van der Waals surface area contributed by atoms with Gasteiger partial charge >= 0.3 is 6.09 Å². The van der Waals surface area contributed by atoms with Gasteiger partial charge in [0.1, 0.15) is 11.4 Å². The maximum Gasteiger partial charge on any atom is 0.410 e. The Labute approximate surface area is 223 Å². The number of benzene rings is 3. The van der Waals surface area contributed by atoms with Crippen LogP contribution in [0.2, 0.25) is 0 Å². The number of piperidine rings is 1. The third kappa shape index (κ3) is 5.65. The van der Waals surface area contributed by atoms with Gasteiger partial charge in [-0.05, 0) is 80.1 Å². The third-order valence-corrected chi connectivity index (χ3v) is 7.27. The molecule has 1 heterocycles. The van der Waals surface area contributed by atoms with Crippen molar-refractivity contribution in [1.82, 2.24) is 10.2 Å². The first kappa shape index (κ1) is 27.1. The van der Waals surface area contributed by atoms with Crippen molar-refractivity contribution in [2.45, 2.75) is 58.0 Å². The Morgan fingerprint density at radius 1 is 1.11 bits per heavy atom. The second kappa shape index (κ2) is 10.8. The van der Waals surface area contributed by atoms with Crippen molar-refractivity contribution in [3.8, 4) is 6.07 Å². The van der Waals surface area contributed by atoms with Gasteiger partial charge in [-0.15, -0.1) is 0 Å². The Balaban J connectivity index is 1.63. The molecule has 2 amide bonds. The Kier molecular flexibility index (Phi) is 7.73. The lowest BCUT2D eigenvalue weighted by atomic mass is 9.72. The molecule has 1 aliphatic heterocycles. The van der Waals surface area contributed by atoms with Crippen LogP contribution in [-0.4, -0.2) is 42.1 Å². The molecule has 1 N–H and O–H groups in total. The molecule has 0 unspecified atom stereocenters. The molecule has 198 valence electrons. The summed E-state index contributed by atoms with van der Waals surface area (Å²) >= 11 is 0. The van der Waals surface area contributed by atoms with E-state index in [1.54, 1.807) is 17.0 Å². The fourth-order valence-electron chi connectivity index (χ4n) is 5.27. The normalized spacial score (nSPS) is 15.1. The minimum absolute atomic E-state index is 0.244.